The van der Waals surface area contributed by atoms with Crippen LogP contribution < -0.4 is 0 Å². The molecule has 1 nitrogen and oxygen atoms in total. The summed E-state index contributed by atoms with van der Waals surface area (Å²) < 4.78 is 2.34. The van der Waals surface area contributed by atoms with E-state index < -0.39 is 5.41 Å². The van der Waals surface area contributed by atoms with Crippen LogP contribution in [-0.4, -0.2) is 4.57 Å². The van der Waals surface area contributed by atoms with Crippen LogP contribution in [0.2, 0.25) is 0 Å². The first-order valence-electron chi connectivity index (χ1n) is 17.1. The van der Waals surface area contributed by atoms with Crippen molar-refractivity contribution in [3.05, 3.63) is 210 Å². The van der Waals surface area contributed by atoms with Crippen LogP contribution in [0.15, 0.2) is 182 Å². The van der Waals surface area contributed by atoms with Gasteiger partial charge < -0.3 is 4.57 Å². The monoisotopic (exact) mass is 633 g/mol. The fourth-order valence-electron chi connectivity index (χ4n) is 8.66. The molecule has 0 saturated carbocycles. The molecular weight excluding hydrogens is 603 g/mol. The highest BCUT2D eigenvalue weighted by molar-refractivity contribution is 6.22. The minimum Gasteiger partial charge on any atom is -0.308 e. The van der Waals surface area contributed by atoms with Gasteiger partial charge in [-0.25, -0.2) is 0 Å². The molecule has 0 bridgehead atoms. The topological polar surface area (TPSA) is 4.93 Å². The van der Waals surface area contributed by atoms with Gasteiger partial charge in [0.05, 0.1) is 22.1 Å². The number of terminal acetylenes is 1. The van der Waals surface area contributed by atoms with E-state index in [2.05, 4.69) is 180 Å². The summed E-state index contributed by atoms with van der Waals surface area (Å²) >= 11 is 0. The summed E-state index contributed by atoms with van der Waals surface area (Å²) in [5, 5.41) is 4.91. The first kappa shape index (κ1) is 28.4. The van der Waals surface area contributed by atoms with Crippen molar-refractivity contribution in [3.8, 4) is 40.3 Å². The second kappa shape index (κ2) is 11.0. The van der Waals surface area contributed by atoms with E-state index in [1.807, 2.05) is 12.1 Å². The van der Waals surface area contributed by atoms with Crippen LogP contribution in [0.4, 0.5) is 0 Å². The summed E-state index contributed by atoms with van der Waals surface area (Å²) in [6, 6.07) is 66.3. The van der Waals surface area contributed by atoms with Gasteiger partial charge in [0.2, 0.25) is 0 Å². The Morgan fingerprint density at radius 3 is 1.90 bits per heavy atom. The number of para-hydroxylation sites is 1. The van der Waals surface area contributed by atoms with Crippen LogP contribution in [0, 0.1) is 12.3 Å². The standard InChI is InChI=1S/C49H31N/c1-2-33-15-7-13-26-45(33)50-46-29-28-36(32-42(46)48-39-21-8-6-16-34(39)27-30-47(48)50)35-17-14-20-38(31-35)49(37-18-4-3-5-19-37)43-24-11-9-22-40(43)41-23-10-12-25-44(41)49/h1,3-32H. The Bertz CT molecular complexity index is 2780. The van der Waals surface area contributed by atoms with E-state index in [1.165, 1.54) is 66.1 Å². The molecule has 0 unspecified atom stereocenters. The van der Waals surface area contributed by atoms with E-state index in [9.17, 15) is 0 Å². The van der Waals surface area contributed by atoms with Crippen molar-refractivity contribution in [2.45, 2.75) is 5.41 Å². The fraction of sp³-hybridized carbons (Fsp3) is 0.0204. The van der Waals surface area contributed by atoms with Gasteiger partial charge in [-0.05, 0) is 91.7 Å². The number of hydrogen-bond donors (Lipinski definition) is 0. The van der Waals surface area contributed by atoms with Gasteiger partial charge in [0, 0.05) is 16.3 Å². The van der Waals surface area contributed by atoms with Crippen LogP contribution in [0.5, 0.6) is 0 Å². The third-order valence-electron chi connectivity index (χ3n) is 10.7. The molecule has 1 aromatic heterocycles. The molecule has 1 aliphatic carbocycles. The van der Waals surface area contributed by atoms with Crippen molar-refractivity contribution in [1.82, 2.24) is 4.57 Å². The van der Waals surface area contributed by atoms with Crippen molar-refractivity contribution in [1.29, 1.82) is 0 Å². The highest BCUT2D eigenvalue weighted by Gasteiger charge is 2.45. The Labute approximate surface area is 291 Å². The van der Waals surface area contributed by atoms with Crippen LogP contribution in [0.25, 0.3) is 60.5 Å². The molecule has 10 rings (SSSR count). The van der Waals surface area contributed by atoms with E-state index in [0.717, 1.165) is 22.3 Å². The summed E-state index contributed by atoms with van der Waals surface area (Å²) in [6.45, 7) is 0. The van der Waals surface area contributed by atoms with Gasteiger partial charge in [0.1, 0.15) is 0 Å². The number of rotatable bonds is 4. The molecule has 0 amide bonds. The lowest BCUT2D eigenvalue weighted by Gasteiger charge is -2.34. The lowest BCUT2D eigenvalue weighted by molar-refractivity contribution is 0.769. The lowest BCUT2D eigenvalue weighted by atomic mass is 9.67. The maximum Gasteiger partial charge on any atom is 0.0713 e. The molecule has 1 aliphatic rings. The molecule has 8 aromatic carbocycles. The molecule has 0 spiro atoms. The van der Waals surface area contributed by atoms with Crippen molar-refractivity contribution in [2.75, 3.05) is 0 Å². The minimum atomic E-state index is -0.445. The summed E-state index contributed by atoms with van der Waals surface area (Å²) in [5.41, 5.74) is 13.9. The number of hydrogen-bond acceptors (Lipinski definition) is 0. The molecule has 0 saturated heterocycles. The zero-order chi connectivity index (χ0) is 33.2. The van der Waals surface area contributed by atoms with Crippen LogP contribution in [0.1, 0.15) is 27.8 Å². The van der Waals surface area contributed by atoms with Gasteiger partial charge in [0.15, 0.2) is 0 Å². The van der Waals surface area contributed by atoms with Crippen LogP contribution in [0.3, 0.4) is 0 Å². The average Bonchev–Trinajstić information content (AvgIpc) is 3.69. The van der Waals surface area contributed by atoms with E-state index in [0.29, 0.717) is 0 Å². The van der Waals surface area contributed by atoms with Crippen molar-refractivity contribution in [3.63, 3.8) is 0 Å². The number of aromatic nitrogens is 1. The average molecular weight is 634 g/mol. The molecule has 1 heterocycles. The molecule has 0 radical (unpaired) electrons. The van der Waals surface area contributed by atoms with Crippen molar-refractivity contribution < 1.29 is 0 Å². The SMILES string of the molecule is C#Cc1ccccc1-n1c2ccc(-c3cccc(C4(c5ccccc5)c5ccccc5-c5ccccc54)c3)cc2c2c3ccccc3ccc21. The van der Waals surface area contributed by atoms with Gasteiger partial charge in [-0.2, -0.15) is 0 Å². The maximum absolute atomic E-state index is 6.05. The second-order valence-corrected chi connectivity index (χ2v) is 13.2. The molecule has 0 atom stereocenters. The summed E-state index contributed by atoms with van der Waals surface area (Å²) in [6.07, 6.45) is 6.05. The first-order valence-corrected chi connectivity index (χ1v) is 17.1. The van der Waals surface area contributed by atoms with Crippen LogP contribution >= 0.6 is 0 Å². The molecule has 1 heteroatoms. The van der Waals surface area contributed by atoms with Crippen LogP contribution in [-0.2, 0) is 5.41 Å². The molecule has 0 aliphatic heterocycles. The normalized spacial score (nSPS) is 12.9. The molecule has 9 aromatic rings. The van der Waals surface area contributed by atoms with E-state index in [4.69, 9.17) is 6.42 Å². The quantitative estimate of drug-likeness (QED) is 0.170. The predicted molar refractivity (Wildman–Crippen MR) is 209 cm³/mol. The predicted octanol–water partition coefficient (Wildman–Crippen LogP) is 11.9. The number of nitrogens with zero attached hydrogens (tertiary/aromatic N) is 1. The van der Waals surface area contributed by atoms with Gasteiger partial charge in [-0.3, -0.25) is 0 Å². The Hall–Kier alpha value is -6.62. The molecule has 50 heavy (non-hydrogen) atoms. The summed E-state index contributed by atoms with van der Waals surface area (Å²) in [4.78, 5) is 0. The maximum atomic E-state index is 6.05. The lowest BCUT2D eigenvalue weighted by Crippen LogP contribution is -2.28. The fourth-order valence-corrected chi connectivity index (χ4v) is 8.66. The van der Waals surface area contributed by atoms with Gasteiger partial charge in [-0.15, -0.1) is 6.42 Å². The summed E-state index contributed by atoms with van der Waals surface area (Å²) in [5.74, 6) is 2.93. The highest BCUT2D eigenvalue weighted by Crippen LogP contribution is 2.56. The minimum absolute atomic E-state index is 0.445. The molecule has 232 valence electrons. The van der Waals surface area contributed by atoms with E-state index >= 15 is 0 Å². The highest BCUT2D eigenvalue weighted by atomic mass is 15.0. The van der Waals surface area contributed by atoms with Crippen molar-refractivity contribution >= 4 is 32.6 Å². The van der Waals surface area contributed by atoms with Crippen molar-refractivity contribution in [2.24, 2.45) is 0 Å². The zero-order valence-corrected chi connectivity index (χ0v) is 27.3. The molecule has 0 N–H and O–H groups in total. The number of benzene rings is 8. The Kier molecular flexibility index (Phi) is 6.22. The molecule has 0 fully saturated rings. The van der Waals surface area contributed by atoms with E-state index in [-0.39, 0.29) is 0 Å². The smallest absolute Gasteiger partial charge is 0.0713 e. The third-order valence-corrected chi connectivity index (χ3v) is 10.7. The third kappa shape index (κ3) is 3.91. The largest absolute Gasteiger partial charge is 0.308 e. The Morgan fingerprint density at radius 2 is 1.10 bits per heavy atom. The summed E-state index contributed by atoms with van der Waals surface area (Å²) in [7, 11) is 0. The first-order chi connectivity index (χ1) is 24.8. The Balaban J connectivity index is 1.25. The van der Waals surface area contributed by atoms with Gasteiger partial charge in [-0.1, -0.05) is 152 Å². The Morgan fingerprint density at radius 1 is 0.460 bits per heavy atom. The van der Waals surface area contributed by atoms with Gasteiger partial charge in [0.25, 0.3) is 0 Å². The number of fused-ring (bicyclic) bond motifs is 8. The molecular formula is C49H31N. The zero-order valence-electron chi connectivity index (χ0n) is 27.3. The van der Waals surface area contributed by atoms with Gasteiger partial charge >= 0.3 is 0 Å². The van der Waals surface area contributed by atoms with E-state index in [1.54, 1.807) is 0 Å². The second-order valence-electron chi connectivity index (χ2n) is 13.2.